The molecule has 1 aliphatic carbocycles. The van der Waals surface area contributed by atoms with E-state index in [0.717, 1.165) is 24.9 Å². The molecule has 1 aromatic heterocycles. The highest BCUT2D eigenvalue weighted by Crippen LogP contribution is 2.32. The molecule has 1 aromatic carbocycles. The largest absolute Gasteiger partial charge is 0.396 e. The average Bonchev–Trinajstić information content (AvgIpc) is 3.11. The molecule has 10 heteroatoms. The second-order valence-electron chi connectivity index (χ2n) is 8.61. The van der Waals surface area contributed by atoms with Crippen molar-refractivity contribution in [1.29, 1.82) is 0 Å². The summed E-state index contributed by atoms with van der Waals surface area (Å²) in [6.07, 6.45) is 1.31. The van der Waals surface area contributed by atoms with Crippen LogP contribution in [0.25, 0.3) is 0 Å². The molecule has 2 aromatic rings. The Morgan fingerprint density at radius 1 is 1.12 bits per heavy atom. The number of aryl methyl sites for hydroxylation is 1. The molecule has 0 bridgehead atoms. The number of unbranched alkanes of at least 4 members (excludes halogenated alkanes) is 1. The summed E-state index contributed by atoms with van der Waals surface area (Å²) in [5.41, 5.74) is 2.64. The molecule has 4 atom stereocenters. The lowest BCUT2D eigenvalue weighted by Crippen LogP contribution is -2.36. The summed E-state index contributed by atoms with van der Waals surface area (Å²) in [6.45, 7) is 1.95. The number of hydrogen-bond donors (Lipinski definition) is 5. The van der Waals surface area contributed by atoms with Crippen molar-refractivity contribution in [2.45, 2.75) is 63.6 Å². The second-order valence-corrected chi connectivity index (χ2v) is 8.96. The highest BCUT2D eigenvalue weighted by molar-refractivity contribution is 6.30. The first kappa shape index (κ1) is 26.6. The van der Waals surface area contributed by atoms with Crippen molar-refractivity contribution in [1.82, 2.24) is 9.97 Å². The molecule has 1 aliphatic rings. The predicted octanol–water partition coefficient (Wildman–Crippen LogP) is 2.89. The molecule has 0 amide bonds. The fourth-order valence-corrected chi connectivity index (χ4v) is 4.38. The maximum absolute atomic E-state index is 10.5. The van der Waals surface area contributed by atoms with Gasteiger partial charge < -0.3 is 35.4 Å². The van der Waals surface area contributed by atoms with Crippen LogP contribution in [0.15, 0.2) is 24.3 Å². The van der Waals surface area contributed by atoms with Gasteiger partial charge in [-0.3, -0.25) is 0 Å². The number of nitrogens with one attached hydrogen (secondary N) is 2. The normalized spacial score (nSPS) is 22.4. The Morgan fingerprint density at radius 3 is 2.41 bits per heavy atom. The van der Waals surface area contributed by atoms with E-state index in [9.17, 15) is 15.3 Å². The molecule has 188 valence electrons. The van der Waals surface area contributed by atoms with E-state index in [0.29, 0.717) is 17.8 Å². The Bertz CT molecular complexity index is 913. The van der Waals surface area contributed by atoms with Crippen molar-refractivity contribution in [2.24, 2.45) is 5.92 Å². The molecule has 1 fully saturated rings. The monoisotopic (exact) mass is 494 g/mol. The SMILES string of the molecule is CCCCc1ccc(Nc2nc(Cl)c(CC(OC)OC)c(N[C@@H]3C[C@H](CO)[C@@H](O)[C@@H]3O)n2)cc1. The van der Waals surface area contributed by atoms with Gasteiger partial charge in [0, 0.05) is 44.4 Å². The lowest BCUT2D eigenvalue weighted by molar-refractivity contribution is -0.100. The number of nitrogens with zero attached hydrogens (tertiary/aromatic N) is 2. The Hall–Kier alpha value is -2.01. The number of benzene rings is 1. The minimum Gasteiger partial charge on any atom is -0.396 e. The van der Waals surface area contributed by atoms with Gasteiger partial charge in [0.1, 0.15) is 17.1 Å². The number of halogens is 1. The number of rotatable bonds is 12. The van der Waals surface area contributed by atoms with Crippen LogP contribution in [-0.2, 0) is 22.3 Å². The lowest BCUT2D eigenvalue weighted by atomic mass is 10.1. The smallest absolute Gasteiger partial charge is 0.230 e. The molecule has 3 rings (SSSR count). The maximum atomic E-state index is 10.5. The summed E-state index contributed by atoms with van der Waals surface area (Å²) in [7, 11) is 3.05. The molecule has 0 saturated heterocycles. The van der Waals surface area contributed by atoms with Crippen molar-refractivity contribution in [3.63, 3.8) is 0 Å². The van der Waals surface area contributed by atoms with E-state index in [2.05, 4.69) is 39.7 Å². The third kappa shape index (κ3) is 6.56. The third-order valence-corrected chi connectivity index (χ3v) is 6.55. The zero-order chi connectivity index (χ0) is 24.7. The summed E-state index contributed by atoms with van der Waals surface area (Å²) in [4.78, 5) is 9.01. The topological polar surface area (TPSA) is 129 Å². The van der Waals surface area contributed by atoms with Crippen molar-refractivity contribution >= 4 is 29.1 Å². The zero-order valence-electron chi connectivity index (χ0n) is 19.9. The summed E-state index contributed by atoms with van der Waals surface area (Å²) in [5.74, 6) is 0.259. The van der Waals surface area contributed by atoms with Gasteiger partial charge in [-0.15, -0.1) is 0 Å². The van der Waals surface area contributed by atoms with Gasteiger partial charge in [-0.25, -0.2) is 4.98 Å². The quantitative estimate of drug-likeness (QED) is 0.223. The standard InChI is InChI=1S/C24H35ClN4O5/c1-4-5-6-14-7-9-16(10-8-14)26-24-28-22(25)17(12-19(33-2)34-3)23(29-24)27-18-11-15(13-30)20(31)21(18)32/h7-10,15,18-21,30-32H,4-6,11-13H2,1-3H3,(H2,26,27,28,29)/t15-,18-,20-,21-/m1/s1. The van der Waals surface area contributed by atoms with Crippen LogP contribution in [0.2, 0.25) is 5.15 Å². The molecule has 9 nitrogen and oxygen atoms in total. The van der Waals surface area contributed by atoms with E-state index in [4.69, 9.17) is 21.1 Å². The fourth-order valence-electron chi connectivity index (χ4n) is 4.13. The molecule has 0 unspecified atom stereocenters. The van der Waals surface area contributed by atoms with Crippen LogP contribution in [0.5, 0.6) is 0 Å². The van der Waals surface area contributed by atoms with Crippen LogP contribution in [0.4, 0.5) is 17.5 Å². The van der Waals surface area contributed by atoms with E-state index in [1.54, 1.807) is 0 Å². The van der Waals surface area contributed by atoms with Gasteiger partial charge in [0.2, 0.25) is 5.95 Å². The van der Waals surface area contributed by atoms with E-state index in [1.807, 2.05) is 12.1 Å². The molecule has 0 aliphatic heterocycles. The van der Waals surface area contributed by atoms with Crippen LogP contribution in [0.1, 0.15) is 37.3 Å². The molecule has 5 N–H and O–H groups in total. The van der Waals surface area contributed by atoms with Crippen LogP contribution < -0.4 is 10.6 Å². The average molecular weight is 495 g/mol. The minimum absolute atomic E-state index is 0.213. The zero-order valence-corrected chi connectivity index (χ0v) is 20.6. The second kappa shape index (κ2) is 12.6. The van der Waals surface area contributed by atoms with Gasteiger partial charge >= 0.3 is 0 Å². The summed E-state index contributed by atoms with van der Waals surface area (Å²) in [6, 6.07) is 7.56. The Labute approximate surface area is 205 Å². The molecule has 34 heavy (non-hydrogen) atoms. The van der Waals surface area contributed by atoms with Gasteiger partial charge in [-0.1, -0.05) is 37.1 Å². The van der Waals surface area contributed by atoms with Gasteiger partial charge in [0.15, 0.2) is 6.29 Å². The minimum atomic E-state index is -1.06. The number of ether oxygens (including phenoxy) is 2. The Morgan fingerprint density at radius 2 is 1.82 bits per heavy atom. The molecule has 0 radical (unpaired) electrons. The van der Waals surface area contributed by atoms with Gasteiger partial charge in [0.25, 0.3) is 0 Å². The van der Waals surface area contributed by atoms with E-state index >= 15 is 0 Å². The van der Waals surface area contributed by atoms with Crippen molar-refractivity contribution in [2.75, 3.05) is 31.5 Å². The Balaban J connectivity index is 1.86. The number of aromatic nitrogens is 2. The molecule has 0 spiro atoms. The van der Waals surface area contributed by atoms with Crippen molar-refractivity contribution in [3.8, 4) is 0 Å². The van der Waals surface area contributed by atoms with E-state index in [1.165, 1.54) is 19.8 Å². The molecular weight excluding hydrogens is 460 g/mol. The summed E-state index contributed by atoms with van der Waals surface area (Å²) in [5, 5.41) is 36.8. The third-order valence-electron chi connectivity index (χ3n) is 6.24. The van der Waals surface area contributed by atoms with Crippen LogP contribution in [-0.4, -0.2) is 70.7 Å². The van der Waals surface area contributed by atoms with E-state index < -0.39 is 30.5 Å². The highest BCUT2D eigenvalue weighted by atomic mass is 35.5. The first-order chi connectivity index (χ1) is 16.4. The predicted molar refractivity (Wildman–Crippen MR) is 132 cm³/mol. The number of aliphatic hydroxyl groups excluding tert-OH is 3. The summed E-state index contributed by atoms with van der Waals surface area (Å²) >= 11 is 6.55. The molecule has 1 heterocycles. The number of methoxy groups -OCH3 is 2. The van der Waals surface area contributed by atoms with Gasteiger partial charge in [-0.2, -0.15) is 4.98 Å². The van der Waals surface area contributed by atoms with E-state index in [-0.39, 0.29) is 24.1 Å². The number of hydrogen-bond acceptors (Lipinski definition) is 9. The fraction of sp³-hybridized carbons (Fsp3) is 0.583. The number of aliphatic hydroxyl groups is 3. The van der Waals surface area contributed by atoms with Crippen LogP contribution >= 0.6 is 11.6 Å². The first-order valence-corrected chi connectivity index (χ1v) is 12.0. The maximum Gasteiger partial charge on any atom is 0.230 e. The summed E-state index contributed by atoms with van der Waals surface area (Å²) < 4.78 is 10.6. The van der Waals surface area contributed by atoms with Gasteiger partial charge in [0.05, 0.1) is 12.1 Å². The van der Waals surface area contributed by atoms with Gasteiger partial charge in [-0.05, 0) is 37.0 Å². The highest BCUT2D eigenvalue weighted by Gasteiger charge is 2.41. The Kier molecular flexibility index (Phi) is 9.87. The van der Waals surface area contributed by atoms with Crippen molar-refractivity contribution in [3.05, 3.63) is 40.5 Å². The number of anilines is 3. The first-order valence-electron chi connectivity index (χ1n) is 11.6. The van der Waals surface area contributed by atoms with Crippen LogP contribution in [0.3, 0.4) is 0 Å². The van der Waals surface area contributed by atoms with Crippen LogP contribution in [0, 0.1) is 5.92 Å². The van der Waals surface area contributed by atoms with Crippen molar-refractivity contribution < 1.29 is 24.8 Å². The lowest BCUT2D eigenvalue weighted by Gasteiger charge is -2.23. The molecule has 1 saturated carbocycles. The molecular formula is C24H35ClN4O5.